The van der Waals surface area contributed by atoms with Crippen LogP contribution in [0.1, 0.15) is 25.8 Å². The molecule has 148 valence electrons. The van der Waals surface area contributed by atoms with E-state index in [-0.39, 0.29) is 18.4 Å². The van der Waals surface area contributed by atoms with Gasteiger partial charge < -0.3 is 10.1 Å². The highest BCUT2D eigenvalue weighted by Gasteiger charge is 2.32. The van der Waals surface area contributed by atoms with Crippen molar-refractivity contribution in [3.05, 3.63) is 47.9 Å². The number of hydrogen-bond donors (Lipinski definition) is 2. The standard InChI is InChI=1S/C20H20F3N3O2/c1-20(2,10-21)12(5-18(27)28)3-11-4-17(24-9-16(11)23)15-8-26-19-14(15)6-13(22)7-25-19/h4,6-9,12H,3,5,10H2,1-2H3,(H,25,26)(H,27,28). The molecule has 0 saturated heterocycles. The van der Waals surface area contributed by atoms with Gasteiger partial charge in [-0.2, -0.15) is 0 Å². The molecule has 3 heterocycles. The number of hydrogen-bond acceptors (Lipinski definition) is 3. The molecule has 0 aromatic carbocycles. The van der Waals surface area contributed by atoms with Crippen LogP contribution in [0.2, 0.25) is 0 Å². The Balaban J connectivity index is 2.01. The summed E-state index contributed by atoms with van der Waals surface area (Å²) in [6, 6.07) is 2.80. The van der Waals surface area contributed by atoms with Crippen molar-refractivity contribution in [1.82, 2.24) is 15.0 Å². The summed E-state index contributed by atoms with van der Waals surface area (Å²) in [6.45, 7) is 2.52. The second kappa shape index (κ2) is 7.61. The van der Waals surface area contributed by atoms with Crippen molar-refractivity contribution in [1.29, 1.82) is 0 Å². The van der Waals surface area contributed by atoms with Gasteiger partial charge in [0.2, 0.25) is 0 Å². The maximum Gasteiger partial charge on any atom is 0.303 e. The molecule has 0 saturated carbocycles. The Kier molecular flexibility index (Phi) is 5.40. The van der Waals surface area contributed by atoms with E-state index in [0.29, 0.717) is 22.3 Å². The third-order valence-corrected chi connectivity index (χ3v) is 5.05. The van der Waals surface area contributed by atoms with E-state index in [4.69, 9.17) is 5.11 Å². The molecule has 0 aliphatic rings. The normalized spacial score (nSPS) is 13.0. The number of pyridine rings is 2. The number of aromatic nitrogens is 3. The molecule has 5 nitrogen and oxygen atoms in total. The van der Waals surface area contributed by atoms with E-state index in [0.717, 1.165) is 12.4 Å². The zero-order valence-corrected chi connectivity index (χ0v) is 15.5. The number of carboxylic acids is 1. The summed E-state index contributed by atoms with van der Waals surface area (Å²) in [5, 5.41) is 9.66. The molecular formula is C20H20F3N3O2. The van der Waals surface area contributed by atoms with Crippen LogP contribution < -0.4 is 0 Å². The second-order valence-electron chi connectivity index (χ2n) is 7.53. The summed E-state index contributed by atoms with van der Waals surface area (Å²) in [6.07, 6.45) is 3.48. The second-order valence-corrected chi connectivity index (χ2v) is 7.53. The van der Waals surface area contributed by atoms with Gasteiger partial charge in [0.15, 0.2) is 0 Å². The Morgan fingerprint density at radius 3 is 2.68 bits per heavy atom. The summed E-state index contributed by atoms with van der Waals surface area (Å²) >= 11 is 0. The summed E-state index contributed by atoms with van der Waals surface area (Å²) in [5.74, 6) is -2.79. The van der Waals surface area contributed by atoms with E-state index < -0.39 is 35.6 Å². The van der Waals surface area contributed by atoms with Gasteiger partial charge >= 0.3 is 5.97 Å². The van der Waals surface area contributed by atoms with Gasteiger partial charge in [0.1, 0.15) is 17.3 Å². The fourth-order valence-corrected chi connectivity index (χ4v) is 3.18. The molecule has 3 rings (SSSR count). The van der Waals surface area contributed by atoms with E-state index in [1.165, 1.54) is 12.1 Å². The van der Waals surface area contributed by atoms with Gasteiger partial charge in [0.25, 0.3) is 0 Å². The quantitative estimate of drug-likeness (QED) is 0.620. The zero-order valence-electron chi connectivity index (χ0n) is 15.5. The van der Waals surface area contributed by atoms with Crippen molar-refractivity contribution in [3.8, 4) is 11.3 Å². The topological polar surface area (TPSA) is 78.9 Å². The smallest absolute Gasteiger partial charge is 0.303 e. The van der Waals surface area contributed by atoms with Crippen LogP contribution in [0.25, 0.3) is 22.3 Å². The van der Waals surface area contributed by atoms with E-state index in [1.54, 1.807) is 20.0 Å². The average molecular weight is 391 g/mol. The number of nitrogens with one attached hydrogen (secondary N) is 1. The predicted octanol–water partition coefficient (Wildman–Crippen LogP) is 4.53. The monoisotopic (exact) mass is 391 g/mol. The first-order valence-electron chi connectivity index (χ1n) is 8.76. The molecule has 8 heteroatoms. The van der Waals surface area contributed by atoms with Crippen LogP contribution in [0.4, 0.5) is 13.2 Å². The molecule has 0 radical (unpaired) electrons. The van der Waals surface area contributed by atoms with E-state index in [9.17, 15) is 18.0 Å². The Hall–Kier alpha value is -2.90. The number of carbonyl (C=O) groups is 1. The molecule has 1 unspecified atom stereocenters. The molecule has 0 bridgehead atoms. The highest BCUT2D eigenvalue weighted by molar-refractivity contribution is 5.92. The van der Waals surface area contributed by atoms with E-state index in [1.807, 2.05) is 0 Å². The molecule has 0 amide bonds. The number of alkyl halides is 1. The van der Waals surface area contributed by atoms with Gasteiger partial charge in [-0.1, -0.05) is 13.8 Å². The lowest BCUT2D eigenvalue weighted by molar-refractivity contribution is -0.139. The molecule has 0 spiro atoms. The summed E-state index contributed by atoms with van der Waals surface area (Å²) in [5.41, 5.74) is 0.704. The van der Waals surface area contributed by atoms with Gasteiger partial charge in [-0.05, 0) is 35.4 Å². The molecule has 3 aromatic heterocycles. The highest BCUT2D eigenvalue weighted by atomic mass is 19.1. The van der Waals surface area contributed by atoms with Gasteiger partial charge in [-0.25, -0.2) is 13.8 Å². The predicted molar refractivity (Wildman–Crippen MR) is 98.4 cm³/mol. The SMILES string of the molecule is CC(C)(CF)C(CC(=O)O)Cc1cc(-c2c[nH]c3ncc(F)cc23)ncc1F. The Bertz CT molecular complexity index is 1020. The number of aliphatic carboxylic acids is 1. The molecule has 1 atom stereocenters. The minimum atomic E-state index is -1.07. The lowest BCUT2D eigenvalue weighted by atomic mass is 9.74. The number of fused-ring (bicyclic) bond motifs is 1. The minimum absolute atomic E-state index is 0.0412. The number of aromatic amines is 1. The lowest BCUT2D eigenvalue weighted by Gasteiger charge is -2.31. The highest BCUT2D eigenvalue weighted by Crippen LogP contribution is 2.35. The number of carboxylic acid groups (broad SMARTS) is 1. The van der Waals surface area contributed by atoms with Gasteiger partial charge in [0.05, 0.1) is 24.8 Å². The third kappa shape index (κ3) is 4.00. The number of H-pyrrole nitrogens is 1. The molecule has 28 heavy (non-hydrogen) atoms. The van der Waals surface area contributed by atoms with Crippen molar-refractivity contribution in [2.75, 3.05) is 6.67 Å². The summed E-state index contributed by atoms with van der Waals surface area (Å²) < 4.78 is 41.4. The van der Waals surface area contributed by atoms with Crippen LogP contribution in [0.15, 0.2) is 30.7 Å². The Morgan fingerprint density at radius 1 is 1.25 bits per heavy atom. The lowest BCUT2D eigenvalue weighted by Crippen LogP contribution is -2.30. The van der Waals surface area contributed by atoms with Crippen molar-refractivity contribution in [3.63, 3.8) is 0 Å². The van der Waals surface area contributed by atoms with Crippen molar-refractivity contribution < 1.29 is 23.1 Å². The van der Waals surface area contributed by atoms with Crippen molar-refractivity contribution in [2.24, 2.45) is 11.3 Å². The zero-order chi connectivity index (χ0) is 20.5. The molecule has 0 aliphatic heterocycles. The van der Waals surface area contributed by atoms with Crippen molar-refractivity contribution in [2.45, 2.75) is 26.7 Å². The van der Waals surface area contributed by atoms with Crippen LogP contribution in [-0.2, 0) is 11.2 Å². The Labute approximate surface area is 159 Å². The number of rotatable bonds is 7. The summed E-state index contributed by atoms with van der Waals surface area (Å²) in [7, 11) is 0. The number of halogens is 3. The van der Waals surface area contributed by atoms with Crippen LogP contribution in [0.3, 0.4) is 0 Å². The molecular weight excluding hydrogens is 371 g/mol. The maximum absolute atomic E-state index is 14.4. The first-order chi connectivity index (χ1) is 13.2. The van der Waals surface area contributed by atoms with Crippen LogP contribution in [0, 0.1) is 23.0 Å². The first kappa shape index (κ1) is 19.9. The Morgan fingerprint density at radius 2 is 2.00 bits per heavy atom. The first-order valence-corrected chi connectivity index (χ1v) is 8.76. The van der Waals surface area contributed by atoms with Crippen LogP contribution in [-0.4, -0.2) is 32.7 Å². The van der Waals surface area contributed by atoms with Gasteiger partial charge in [0, 0.05) is 23.6 Å². The van der Waals surface area contributed by atoms with Crippen LogP contribution >= 0.6 is 0 Å². The average Bonchev–Trinajstić information content (AvgIpc) is 3.05. The van der Waals surface area contributed by atoms with E-state index in [2.05, 4.69) is 15.0 Å². The van der Waals surface area contributed by atoms with Crippen molar-refractivity contribution >= 4 is 17.0 Å². The van der Waals surface area contributed by atoms with Crippen LogP contribution in [0.5, 0.6) is 0 Å². The van der Waals surface area contributed by atoms with Gasteiger partial charge in [-0.3, -0.25) is 14.2 Å². The molecule has 0 aliphatic carbocycles. The fraction of sp³-hybridized carbons (Fsp3) is 0.350. The fourth-order valence-electron chi connectivity index (χ4n) is 3.18. The van der Waals surface area contributed by atoms with E-state index >= 15 is 0 Å². The number of nitrogens with zero attached hydrogens (tertiary/aromatic N) is 2. The molecule has 2 N–H and O–H groups in total. The van der Waals surface area contributed by atoms with Gasteiger partial charge in [-0.15, -0.1) is 0 Å². The third-order valence-electron chi connectivity index (χ3n) is 5.05. The maximum atomic E-state index is 14.4. The minimum Gasteiger partial charge on any atom is -0.481 e. The molecule has 3 aromatic rings. The molecule has 0 fully saturated rings. The largest absolute Gasteiger partial charge is 0.481 e. The summed E-state index contributed by atoms with van der Waals surface area (Å²) in [4.78, 5) is 22.1.